The Labute approximate surface area is 116 Å². The number of hydrogen-bond donors (Lipinski definition) is 1. The normalized spacial score (nSPS) is 29.4. The molecule has 0 aromatic carbocycles. The number of methoxy groups -OCH3 is 1. The van der Waals surface area contributed by atoms with E-state index < -0.39 is 0 Å². The highest BCUT2D eigenvalue weighted by atomic mass is 35.5. The van der Waals surface area contributed by atoms with Gasteiger partial charge in [0.2, 0.25) is 0 Å². The molecule has 0 spiro atoms. The van der Waals surface area contributed by atoms with Crippen LogP contribution in [0.4, 0.5) is 0 Å². The quantitative estimate of drug-likeness (QED) is 0.805. The minimum absolute atomic E-state index is 0. The maximum atomic E-state index is 11.3. The topological polar surface area (TPSA) is 38.3 Å². The van der Waals surface area contributed by atoms with Gasteiger partial charge in [0.1, 0.15) is 0 Å². The first kappa shape index (κ1) is 15.8. The fourth-order valence-corrected chi connectivity index (χ4v) is 3.51. The minimum atomic E-state index is -0.0545. The molecule has 1 aliphatic heterocycles. The molecule has 0 aromatic rings. The number of piperidine rings is 1. The highest BCUT2D eigenvalue weighted by Gasteiger charge is 2.30. The second-order valence-corrected chi connectivity index (χ2v) is 5.70. The minimum Gasteiger partial charge on any atom is -0.469 e. The van der Waals surface area contributed by atoms with Crippen molar-refractivity contribution >= 4 is 18.4 Å². The molecule has 4 heteroatoms. The number of carbonyl (C=O) groups excluding carboxylic acids is 1. The van der Waals surface area contributed by atoms with E-state index >= 15 is 0 Å². The highest BCUT2D eigenvalue weighted by Crippen LogP contribution is 2.35. The fraction of sp³-hybridized carbons (Fsp3) is 0.929. The van der Waals surface area contributed by atoms with Gasteiger partial charge in [-0.3, -0.25) is 4.79 Å². The lowest BCUT2D eigenvalue weighted by Crippen LogP contribution is -2.40. The molecule has 2 aliphatic rings. The Hall–Kier alpha value is -0.280. The van der Waals surface area contributed by atoms with Gasteiger partial charge in [-0.1, -0.05) is 32.1 Å². The second-order valence-electron chi connectivity index (χ2n) is 5.70. The summed E-state index contributed by atoms with van der Waals surface area (Å²) >= 11 is 0. The van der Waals surface area contributed by atoms with Gasteiger partial charge < -0.3 is 10.1 Å². The Morgan fingerprint density at radius 3 is 2.56 bits per heavy atom. The third-order valence-electron chi connectivity index (χ3n) is 4.48. The summed E-state index contributed by atoms with van der Waals surface area (Å²) in [7, 11) is 1.48. The van der Waals surface area contributed by atoms with Crippen LogP contribution in [-0.2, 0) is 9.53 Å². The second kappa shape index (κ2) is 8.00. The maximum absolute atomic E-state index is 11.3. The molecule has 0 bridgehead atoms. The first-order valence-electron chi connectivity index (χ1n) is 7.07. The fourth-order valence-electron chi connectivity index (χ4n) is 3.51. The first-order chi connectivity index (χ1) is 8.29. The maximum Gasteiger partial charge on any atom is 0.305 e. The summed E-state index contributed by atoms with van der Waals surface area (Å²) < 4.78 is 4.77. The zero-order valence-corrected chi connectivity index (χ0v) is 12.1. The van der Waals surface area contributed by atoms with Gasteiger partial charge in [-0.2, -0.15) is 0 Å². The van der Waals surface area contributed by atoms with E-state index in [0.717, 1.165) is 24.9 Å². The van der Waals surface area contributed by atoms with Gasteiger partial charge in [-0.15, -0.1) is 12.4 Å². The van der Waals surface area contributed by atoms with Crippen LogP contribution in [0, 0.1) is 17.8 Å². The third kappa shape index (κ3) is 4.43. The van der Waals surface area contributed by atoms with Crippen LogP contribution in [0.15, 0.2) is 0 Å². The molecule has 0 aromatic heterocycles. The predicted octanol–water partition coefficient (Wildman–Crippen LogP) is 2.78. The number of rotatable bonds is 3. The summed E-state index contributed by atoms with van der Waals surface area (Å²) in [6, 6.07) is 0. The van der Waals surface area contributed by atoms with Crippen LogP contribution in [0.25, 0.3) is 0 Å². The number of nitrogens with one attached hydrogen (secondary N) is 1. The van der Waals surface area contributed by atoms with Gasteiger partial charge in [0.25, 0.3) is 0 Å². The van der Waals surface area contributed by atoms with Crippen LogP contribution in [0.3, 0.4) is 0 Å². The molecular weight excluding hydrogens is 250 g/mol. The molecule has 1 heterocycles. The predicted molar refractivity (Wildman–Crippen MR) is 74.9 cm³/mol. The zero-order chi connectivity index (χ0) is 12.1. The van der Waals surface area contributed by atoms with E-state index in [4.69, 9.17) is 4.74 Å². The highest BCUT2D eigenvalue weighted by molar-refractivity contribution is 5.85. The number of halogens is 1. The average Bonchev–Trinajstić information content (AvgIpc) is 2.40. The lowest BCUT2D eigenvalue weighted by molar-refractivity contribution is -0.142. The van der Waals surface area contributed by atoms with Crippen molar-refractivity contribution in [2.24, 2.45) is 17.8 Å². The van der Waals surface area contributed by atoms with Crippen LogP contribution in [0.5, 0.6) is 0 Å². The van der Waals surface area contributed by atoms with Gasteiger partial charge in [0, 0.05) is 6.42 Å². The molecule has 1 saturated heterocycles. The van der Waals surface area contributed by atoms with Crippen molar-refractivity contribution in [1.29, 1.82) is 0 Å². The Balaban J connectivity index is 0.00000162. The summed E-state index contributed by atoms with van der Waals surface area (Å²) in [6.45, 7) is 2.14. The van der Waals surface area contributed by atoms with Crippen molar-refractivity contribution in [2.75, 3.05) is 20.2 Å². The van der Waals surface area contributed by atoms with Gasteiger partial charge in [-0.05, 0) is 37.3 Å². The summed E-state index contributed by atoms with van der Waals surface area (Å²) in [5.74, 6) is 2.12. The molecule has 106 valence electrons. The summed E-state index contributed by atoms with van der Waals surface area (Å²) in [6.07, 6.45) is 8.84. The molecule has 3 nitrogen and oxygen atoms in total. The van der Waals surface area contributed by atoms with E-state index in [1.807, 2.05) is 0 Å². The lowest BCUT2D eigenvalue weighted by Gasteiger charge is -2.36. The average molecular weight is 276 g/mol. The molecular formula is C14H26ClNO2. The molecule has 2 fully saturated rings. The molecule has 2 atom stereocenters. The number of hydrogen-bond acceptors (Lipinski definition) is 3. The zero-order valence-electron chi connectivity index (χ0n) is 11.3. The Morgan fingerprint density at radius 2 is 1.89 bits per heavy atom. The molecule has 2 rings (SSSR count). The van der Waals surface area contributed by atoms with Gasteiger partial charge >= 0.3 is 5.97 Å². The third-order valence-corrected chi connectivity index (χ3v) is 4.48. The molecule has 1 aliphatic carbocycles. The molecule has 0 radical (unpaired) electrons. The van der Waals surface area contributed by atoms with Crippen molar-refractivity contribution in [3.63, 3.8) is 0 Å². The number of ether oxygens (including phenoxy) is 1. The van der Waals surface area contributed by atoms with Crippen LogP contribution in [0.1, 0.15) is 44.9 Å². The van der Waals surface area contributed by atoms with Crippen molar-refractivity contribution in [3.05, 3.63) is 0 Å². The Morgan fingerprint density at radius 1 is 1.17 bits per heavy atom. The first-order valence-corrected chi connectivity index (χ1v) is 7.07. The summed E-state index contributed by atoms with van der Waals surface area (Å²) in [5, 5.41) is 3.50. The van der Waals surface area contributed by atoms with Crippen LogP contribution in [0.2, 0.25) is 0 Å². The van der Waals surface area contributed by atoms with E-state index in [2.05, 4.69) is 5.32 Å². The standard InChI is InChI=1S/C14H25NO2.ClH/c1-17-14(16)8-11-7-13(10-15-9-11)12-5-3-2-4-6-12;/h11-13,15H,2-10H2,1H3;1H/t11-,13-;/m1./s1. The largest absolute Gasteiger partial charge is 0.469 e. The molecule has 1 saturated carbocycles. The lowest BCUT2D eigenvalue weighted by atomic mass is 9.74. The molecule has 0 amide bonds. The van der Waals surface area contributed by atoms with Crippen LogP contribution in [-0.4, -0.2) is 26.2 Å². The van der Waals surface area contributed by atoms with E-state index in [9.17, 15) is 4.79 Å². The Kier molecular flexibility index (Phi) is 7.02. The van der Waals surface area contributed by atoms with Gasteiger partial charge in [-0.25, -0.2) is 0 Å². The molecule has 18 heavy (non-hydrogen) atoms. The van der Waals surface area contributed by atoms with E-state index in [1.54, 1.807) is 0 Å². The van der Waals surface area contributed by atoms with Crippen LogP contribution < -0.4 is 5.32 Å². The SMILES string of the molecule is COC(=O)C[C@@H]1CNC[C@H](C2CCCCC2)C1.Cl. The van der Waals surface area contributed by atoms with Crippen molar-refractivity contribution in [2.45, 2.75) is 44.9 Å². The van der Waals surface area contributed by atoms with Gasteiger partial charge in [0.15, 0.2) is 0 Å². The van der Waals surface area contributed by atoms with E-state index in [1.165, 1.54) is 45.6 Å². The van der Waals surface area contributed by atoms with Crippen molar-refractivity contribution < 1.29 is 9.53 Å². The van der Waals surface area contributed by atoms with Gasteiger partial charge in [0.05, 0.1) is 7.11 Å². The number of carbonyl (C=O) groups is 1. The smallest absolute Gasteiger partial charge is 0.305 e. The Bertz CT molecular complexity index is 254. The van der Waals surface area contributed by atoms with Crippen molar-refractivity contribution in [1.82, 2.24) is 5.32 Å². The van der Waals surface area contributed by atoms with Crippen LogP contribution >= 0.6 is 12.4 Å². The monoisotopic (exact) mass is 275 g/mol. The van der Waals surface area contributed by atoms with E-state index in [0.29, 0.717) is 12.3 Å². The van der Waals surface area contributed by atoms with E-state index in [-0.39, 0.29) is 18.4 Å². The number of esters is 1. The van der Waals surface area contributed by atoms with Crippen molar-refractivity contribution in [3.8, 4) is 0 Å². The molecule has 1 N–H and O–H groups in total. The molecule has 0 unspecified atom stereocenters. The summed E-state index contributed by atoms with van der Waals surface area (Å²) in [5.41, 5.74) is 0. The summed E-state index contributed by atoms with van der Waals surface area (Å²) in [4.78, 5) is 11.3.